The molecule has 1 unspecified atom stereocenters. The largest absolute Gasteiger partial charge is 0.376 e. The van der Waals surface area contributed by atoms with Crippen LogP contribution in [0.1, 0.15) is 26.2 Å². The first-order valence-electron chi connectivity index (χ1n) is 5.27. The van der Waals surface area contributed by atoms with Crippen molar-refractivity contribution in [3.63, 3.8) is 0 Å². The predicted octanol–water partition coefficient (Wildman–Crippen LogP) is 1.81. The maximum Gasteiger partial charge on any atom is 0.0674 e. The van der Waals surface area contributed by atoms with Gasteiger partial charge in [0.25, 0.3) is 0 Å². The van der Waals surface area contributed by atoms with Crippen molar-refractivity contribution < 1.29 is 4.74 Å². The van der Waals surface area contributed by atoms with Crippen molar-refractivity contribution in [2.75, 3.05) is 32.0 Å². The first-order valence-corrected chi connectivity index (χ1v) is 5.91. The van der Waals surface area contributed by atoms with Crippen LogP contribution in [0.2, 0.25) is 0 Å². The van der Waals surface area contributed by atoms with Crippen LogP contribution in [0, 0.1) is 0 Å². The summed E-state index contributed by atoms with van der Waals surface area (Å²) in [7, 11) is 0. The van der Waals surface area contributed by atoms with Gasteiger partial charge in [-0.2, -0.15) is 12.6 Å². The summed E-state index contributed by atoms with van der Waals surface area (Å²) in [6.07, 6.45) is 4.31. The minimum absolute atomic E-state index is 0.429. The van der Waals surface area contributed by atoms with Gasteiger partial charge in [0.1, 0.15) is 0 Å². The first kappa shape index (κ1) is 11.3. The molecule has 1 rings (SSSR count). The van der Waals surface area contributed by atoms with Crippen LogP contribution < -0.4 is 0 Å². The van der Waals surface area contributed by atoms with Crippen LogP contribution in [0.15, 0.2) is 0 Å². The highest BCUT2D eigenvalue weighted by molar-refractivity contribution is 7.80. The molecule has 1 aliphatic rings. The second kappa shape index (κ2) is 6.68. The van der Waals surface area contributed by atoms with Crippen LogP contribution in [0.5, 0.6) is 0 Å². The van der Waals surface area contributed by atoms with Crippen molar-refractivity contribution in [1.82, 2.24) is 4.90 Å². The Balaban J connectivity index is 2.00. The predicted molar refractivity (Wildman–Crippen MR) is 59.6 cm³/mol. The Bertz CT molecular complexity index is 132. The van der Waals surface area contributed by atoms with E-state index in [-0.39, 0.29) is 0 Å². The standard InChI is InChI=1S/C10H21NOS/c1-10-9-11(6-7-12-10)5-3-2-4-8-13/h10,13H,2-9H2,1H3. The number of thiol groups is 1. The molecule has 0 saturated carbocycles. The van der Waals surface area contributed by atoms with Gasteiger partial charge in [-0.25, -0.2) is 0 Å². The average Bonchev–Trinajstić information content (AvgIpc) is 2.13. The third kappa shape index (κ3) is 4.89. The maximum atomic E-state index is 5.48. The highest BCUT2D eigenvalue weighted by Gasteiger charge is 2.15. The lowest BCUT2D eigenvalue weighted by molar-refractivity contribution is -0.0185. The van der Waals surface area contributed by atoms with E-state index in [1.54, 1.807) is 0 Å². The number of hydrogen-bond acceptors (Lipinski definition) is 3. The van der Waals surface area contributed by atoms with Crippen molar-refractivity contribution >= 4 is 12.6 Å². The highest BCUT2D eigenvalue weighted by Crippen LogP contribution is 2.06. The van der Waals surface area contributed by atoms with E-state index in [9.17, 15) is 0 Å². The van der Waals surface area contributed by atoms with E-state index in [2.05, 4.69) is 24.5 Å². The lowest BCUT2D eigenvalue weighted by atomic mass is 10.2. The Kier molecular flexibility index (Phi) is 5.83. The number of ether oxygens (including phenoxy) is 1. The molecule has 0 radical (unpaired) electrons. The van der Waals surface area contributed by atoms with Crippen LogP contribution in [0.4, 0.5) is 0 Å². The smallest absolute Gasteiger partial charge is 0.0674 e. The summed E-state index contributed by atoms with van der Waals surface area (Å²) in [5.41, 5.74) is 0. The quantitative estimate of drug-likeness (QED) is 0.540. The van der Waals surface area contributed by atoms with Crippen LogP contribution in [-0.2, 0) is 4.74 Å². The van der Waals surface area contributed by atoms with Gasteiger partial charge in [-0.15, -0.1) is 0 Å². The summed E-state index contributed by atoms with van der Waals surface area (Å²) in [6, 6.07) is 0. The van der Waals surface area contributed by atoms with E-state index < -0.39 is 0 Å². The van der Waals surface area contributed by atoms with Crippen molar-refractivity contribution in [2.45, 2.75) is 32.3 Å². The van der Waals surface area contributed by atoms with E-state index in [1.807, 2.05) is 0 Å². The third-order valence-electron chi connectivity index (χ3n) is 2.46. The van der Waals surface area contributed by atoms with Crippen molar-refractivity contribution in [3.8, 4) is 0 Å². The number of hydrogen-bond donors (Lipinski definition) is 1. The van der Waals surface area contributed by atoms with E-state index in [1.165, 1.54) is 25.8 Å². The first-order chi connectivity index (χ1) is 6.33. The molecule has 0 aliphatic carbocycles. The summed E-state index contributed by atoms with van der Waals surface area (Å²) >= 11 is 4.20. The molecular weight excluding hydrogens is 182 g/mol. The molecule has 1 heterocycles. The van der Waals surface area contributed by atoms with E-state index in [0.717, 1.165) is 25.4 Å². The molecule has 0 aromatic carbocycles. The maximum absolute atomic E-state index is 5.48. The topological polar surface area (TPSA) is 12.5 Å². The SMILES string of the molecule is CC1CN(CCCCCS)CCO1. The summed E-state index contributed by atoms with van der Waals surface area (Å²) in [5.74, 6) is 1.03. The molecule has 0 aromatic heterocycles. The molecular formula is C10H21NOS. The molecule has 2 nitrogen and oxygen atoms in total. The number of unbranched alkanes of at least 4 members (excludes halogenated alkanes) is 2. The third-order valence-corrected chi connectivity index (χ3v) is 2.77. The van der Waals surface area contributed by atoms with Crippen LogP contribution >= 0.6 is 12.6 Å². The van der Waals surface area contributed by atoms with Crippen LogP contribution in [-0.4, -0.2) is 43.0 Å². The van der Waals surface area contributed by atoms with Gasteiger partial charge in [0.15, 0.2) is 0 Å². The fourth-order valence-electron chi connectivity index (χ4n) is 1.72. The van der Waals surface area contributed by atoms with E-state index in [4.69, 9.17) is 4.74 Å². The molecule has 1 saturated heterocycles. The molecule has 0 bridgehead atoms. The Hall–Kier alpha value is 0.270. The van der Waals surface area contributed by atoms with Gasteiger partial charge in [-0.05, 0) is 32.1 Å². The Labute approximate surface area is 87.0 Å². The summed E-state index contributed by atoms with van der Waals surface area (Å²) in [6.45, 7) is 6.53. The number of morpholine rings is 1. The van der Waals surface area contributed by atoms with Gasteiger partial charge in [-0.1, -0.05) is 6.42 Å². The van der Waals surface area contributed by atoms with Gasteiger partial charge >= 0.3 is 0 Å². The van der Waals surface area contributed by atoms with Gasteiger partial charge in [-0.3, -0.25) is 4.90 Å². The van der Waals surface area contributed by atoms with E-state index in [0.29, 0.717) is 6.10 Å². The number of nitrogens with zero attached hydrogens (tertiary/aromatic N) is 1. The second-order valence-electron chi connectivity index (χ2n) is 3.77. The monoisotopic (exact) mass is 203 g/mol. The lowest BCUT2D eigenvalue weighted by Crippen LogP contribution is -2.41. The summed E-state index contributed by atoms with van der Waals surface area (Å²) in [4.78, 5) is 2.51. The molecule has 0 amide bonds. The molecule has 0 spiro atoms. The molecule has 3 heteroatoms. The highest BCUT2D eigenvalue weighted by atomic mass is 32.1. The minimum atomic E-state index is 0.429. The molecule has 1 fully saturated rings. The summed E-state index contributed by atoms with van der Waals surface area (Å²) in [5, 5.41) is 0. The zero-order chi connectivity index (χ0) is 9.52. The Morgan fingerprint density at radius 3 is 2.92 bits per heavy atom. The van der Waals surface area contributed by atoms with Gasteiger partial charge in [0.05, 0.1) is 12.7 Å². The molecule has 1 aliphatic heterocycles. The zero-order valence-corrected chi connectivity index (χ0v) is 9.43. The Morgan fingerprint density at radius 1 is 1.38 bits per heavy atom. The van der Waals surface area contributed by atoms with Gasteiger partial charge in [0.2, 0.25) is 0 Å². The van der Waals surface area contributed by atoms with Crippen molar-refractivity contribution in [1.29, 1.82) is 0 Å². The van der Waals surface area contributed by atoms with Crippen LogP contribution in [0.3, 0.4) is 0 Å². The van der Waals surface area contributed by atoms with Gasteiger partial charge in [0, 0.05) is 13.1 Å². The molecule has 0 aromatic rings. The lowest BCUT2D eigenvalue weighted by Gasteiger charge is -2.30. The van der Waals surface area contributed by atoms with Crippen molar-refractivity contribution in [2.24, 2.45) is 0 Å². The zero-order valence-electron chi connectivity index (χ0n) is 8.54. The minimum Gasteiger partial charge on any atom is -0.376 e. The molecule has 0 N–H and O–H groups in total. The fraction of sp³-hybridized carbons (Fsp3) is 1.00. The van der Waals surface area contributed by atoms with Crippen molar-refractivity contribution in [3.05, 3.63) is 0 Å². The molecule has 78 valence electrons. The Morgan fingerprint density at radius 2 is 2.23 bits per heavy atom. The normalized spacial score (nSPS) is 24.9. The van der Waals surface area contributed by atoms with Gasteiger partial charge < -0.3 is 4.74 Å². The molecule has 1 atom stereocenters. The second-order valence-corrected chi connectivity index (χ2v) is 4.21. The average molecular weight is 203 g/mol. The van der Waals surface area contributed by atoms with Crippen LogP contribution in [0.25, 0.3) is 0 Å². The van der Waals surface area contributed by atoms with E-state index >= 15 is 0 Å². The summed E-state index contributed by atoms with van der Waals surface area (Å²) < 4.78 is 5.48. The molecule has 13 heavy (non-hydrogen) atoms. The number of rotatable bonds is 5. The fourth-order valence-corrected chi connectivity index (χ4v) is 1.94.